The van der Waals surface area contributed by atoms with Gasteiger partial charge in [-0.25, -0.2) is 4.79 Å². The standard InChI is InChI=1S/C17H18Cl2N2O4/c18-13-5-3-11(14(19)8-13)4-6-16(23)25-10-15(22)21-7-1-2-12(9-21)17(20)24/h3-6,8,12H,1-2,7,9-10H2,(H2,20,24)/b6-4+/t12-/m0/s1. The third-order valence-electron chi connectivity index (χ3n) is 3.88. The van der Waals surface area contributed by atoms with Crippen LogP contribution < -0.4 is 5.73 Å². The van der Waals surface area contributed by atoms with Crippen LogP contribution in [0.5, 0.6) is 0 Å². The lowest BCUT2D eigenvalue weighted by molar-refractivity contribution is -0.149. The van der Waals surface area contributed by atoms with Crippen molar-refractivity contribution in [2.45, 2.75) is 12.8 Å². The average Bonchev–Trinajstić information content (AvgIpc) is 2.59. The molecule has 8 heteroatoms. The van der Waals surface area contributed by atoms with E-state index in [9.17, 15) is 14.4 Å². The van der Waals surface area contributed by atoms with E-state index in [1.54, 1.807) is 18.2 Å². The molecule has 6 nitrogen and oxygen atoms in total. The third-order valence-corrected chi connectivity index (χ3v) is 4.44. The number of carbonyl (C=O) groups is 3. The van der Waals surface area contributed by atoms with Crippen molar-refractivity contribution in [2.75, 3.05) is 19.7 Å². The van der Waals surface area contributed by atoms with E-state index in [1.165, 1.54) is 17.1 Å². The number of likely N-dealkylation sites (tertiary alicyclic amines) is 1. The molecule has 1 aromatic carbocycles. The van der Waals surface area contributed by atoms with Gasteiger partial charge in [-0.1, -0.05) is 29.3 Å². The van der Waals surface area contributed by atoms with Crippen molar-refractivity contribution < 1.29 is 19.1 Å². The lowest BCUT2D eigenvalue weighted by Crippen LogP contribution is -2.45. The zero-order valence-corrected chi connectivity index (χ0v) is 14.9. The Kier molecular flexibility index (Phi) is 6.84. The number of piperidine rings is 1. The number of hydrogen-bond donors (Lipinski definition) is 1. The van der Waals surface area contributed by atoms with Crippen LogP contribution in [-0.2, 0) is 19.1 Å². The van der Waals surface area contributed by atoms with E-state index in [4.69, 9.17) is 33.7 Å². The quantitative estimate of drug-likeness (QED) is 0.622. The van der Waals surface area contributed by atoms with Crippen LogP contribution in [0.25, 0.3) is 6.08 Å². The molecule has 1 aliphatic heterocycles. The fraction of sp³-hybridized carbons (Fsp3) is 0.353. The first-order valence-electron chi connectivity index (χ1n) is 7.74. The molecule has 1 aromatic rings. The van der Waals surface area contributed by atoms with Crippen molar-refractivity contribution in [3.8, 4) is 0 Å². The van der Waals surface area contributed by atoms with E-state index in [1.807, 2.05) is 0 Å². The van der Waals surface area contributed by atoms with Crippen LogP contribution in [0.3, 0.4) is 0 Å². The summed E-state index contributed by atoms with van der Waals surface area (Å²) in [5, 5.41) is 0.893. The van der Waals surface area contributed by atoms with Crippen LogP contribution >= 0.6 is 23.2 Å². The molecule has 2 amide bonds. The molecular weight excluding hydrogens is 367 g/mol. The zero-order valence-electron chi connectivity index (χ0n) is 13.4. The zero-order chi connectivity index (χ0) is 18.4. The third kappa shape index (κ3) is 5.76. The minimum absolute atomic E-state index is 0.266. The first kappa shape index (κ1) is 19.3. The van der Waals surface area contributed by atoms with Gasteiger partial charge in [-0.05, 0) is 36.6 Å². The van der Waals surface area contributed by atoms with Crippen LogP contribution in [0.4, 0.5) is 0 Å². The maximum absolute atomic E-state index is 12.1. The summed E-state index contributed by atoms with van der Waals surface area (Å²) >= 11 is 11.8. The molecule has 0 spiro atoms. The van der Waals surface area contributed by atoms with Gasteiger partial charge in [-0.2, -0.15) is 0 Å². The highest BCUT2D eigenvalue weighted by Crippen LogP contribution is 2.22. The second kappa shape index (κ2) is 8.87. The van der Waals surface area contributed by atoms with Gasteiger partial charge >= 0.3 is 5.97 Å². The Morgan fingerprint density at radius 1 is 1.32 bits per heavy atom. The lowest BCUT2D eigenvalue weighted by Gasteiger charge is -2.30. The molecule has 1 atom stereocenters. The minimum Gasteiger partial charge on any atom is -0.452 e. The van der Waals surface area contributed by atoms with Crippen molar-refractivity contribution in [1.29, 1.82) is 0 Å². The number of nitrogens with zero attached hydrogens (tertiary/aromatic N) is 1. The van der Waals surface area contributed by atoms with Gasteiger partial charge in [0.2, 0.25) is 5.91 Å². The number of carbonyl (C=O) groups excluding carboxylic acids is 3. The fourth-order valence-corrected chi connectivity index (χ4v) is 2.97. The number of amides is 2. The average molecular weight is 385 g/mol. The van der Waals surface area contributed by atoms with E-state index in [0.29, 0.717) is 35.0 Å². The van der Waals surface area contributed by atoms with Crippen LogP contribution in [0.1, 0.15) is 18.4 Å². The Bertz CT molecular complexity index is 706. The summed E-state index contributed by atoms with van der Waals surface area (Å²) in [6.45, 7) is 0.404. The van der Waals surface area contributed by atoms with Gasteiger partial charge in [0.05, 0.1) is 5.92 Å². The SMILES string of the molecule is NC(=O)[C@H]1CCCN(C(=O)COC(=O)/C=C/c2ccc(Cl)cc2Cl)C1. The Morgan fingerprint density at radius 3 is 2.76 bits per heavy atom. The number of rotatable bonds is 5. The number of esters is 1. The summed E-state index contributed by atoms with van der Waals surface area (Å²) in [5.74, 6) is -1.78. The maximum Gasteiger partial charge on any atom is 0.331 e. The molecule has 1 saturated heterocycles. The molecule has 0 unspecified atom stereocenters. The van der Waals surface area contributed by atoms with Gasteiger partial charge in [0.1, 0.15) is 0 Å². The number of hydrogen-bond acceptors (Lipinski definition) is 4. The molecule has 1 aliphatic rings. The highest BCUT2D eigenvalue weighted by molar-refractivity contribution is 6.35. The number of nitrogens with two attached hydrogens (primary N) is 1. The van der Waals surface area contributed by atoms with Crippen molar-refractivity contribution in [1.82, 2.24) is 4.90 Å². The van der Waals surface area contributed by atoms with E-state index < -0.39 is 11.9 Å². The first-order chi connectivity index (χ1) is 11.9. The molecule has 0 aliphatic carbocycles. The van der Waals surface area contributed by atoms with Crippen molar-refractivity contribution in [3.63, 3.8) is 0 Å². The molecule has 134 valence electrons. The van der Waals surface area contributed by atoms with E-state index in [-0.39, 0.29) is 25.0 Å². The Labute approximate surface area is 155 Å². The second-order valence-corrected chi connectivity index (χ2v) is 6.53. The van der Waals surface area contributed by atoms with E-state index >= 15 is 0 Å². The Balaban J connectivity index is 1.83. The monoisotopic (exact) mass is 384 g/mol. The second-order valence-electron chi connectivity index (χ2n) is 5.69. The fourth-order valence-electron chi connectivity index (χ4n) is 2.50. The molecule has 0 aromatic heterocycles. The molecular formula is C17H18Cl2N2O4. The highest BCUT2D eigenvalue weighted by Gasteiger charge is 2.27. The number of benzene rings is 1. The number of primary amides is 1. The summed E-state index contributed by atoms with van der Waals surface area (Å²) < 4.78 is 4.94. The molecule has 25 heavy (non-hydrogen) atoms. The summed E-state index contributed by atoms with van der Waals surface area (Å²) in [7, 11) is 0. The predicted molar refractivity (Wildman–Crippen MR) is 95.0 cm³/mol. The van der Waals surface area contributed by atoms with Gasteiger partial charge in [-0.15, -0.1) is 0 Å². The van der Waals surface area contributed by atoms with Gasteiger partial charge in [0.15, 0.2) is 6.61 Å². The molecule has 1 fully saturated rings. The maximum atomic E-state index is 12.1. The van der Waals surface area contributed by atoms with Gasteiger partial charge in [-0.3, -0.25) is 9.59 Å². The van der Waals surface area contributed by atoms with Crippen molar-refractivity contribution in [3.05, 3.63) is 39.9 Å². The number of halogens is 2. The minimum atomic E-state index is -0.664. The molecule has 0 radical (unpaired) electrons. The van der Waals surface area contributed by atoms with Crippen LogP contribution in [-0.4, -0.2) is 42.4 Å². The Morgan fingerprint density at radius 2 is 2.08 bits per heavy atom. The lowest BCUT2D eigenvalue weighted by atomic mass is 9.97. The summed E-state index contributed by atoms with van der Waals surface area (Å²) in [6, 6.07) is 4.87. The smallest absolute Gasteiger partial charge is 0.331 e. The topological polar surface area (TPSA) is 89.7 Å². The van der Waals surface area contributed by atoms with Crippen LogP contribution in [0.15, 0.2) is 24.3 Å². The molecule has 2 rings (SSSR count). The van der Waals surface area contributed by atoms with E-state index in [0.717, 1.165) is 0 Å². The van der Waals surface area contributed by atoms with Crippen LogP contribution in [0.2, 0.25) is 10.0 Å². The first-order valence-corrected chi connectivity index (χ1v) is 8.49. The predicted octanol–water partition coefficient (Wildman–Crippen LogP) is 2.27. The van der Waals surface area contributed by atoms with Gasteiger partial charge in [0.25, 0.3) is 5.91 Å². The number of ether oxygens (including phenoxy) is 1. The highest BCUT2D eigenvalue weighted by atomic mass is 35.5. The largest absolute Gasteiger partial charge is 0.452 e. The van der Waals surface area contributed by atoms with Gasteiger partial charge < -0.3 is 15.4 Å². The summed E-state index contributed by atoms with van der Waals surface area (Å²) in [5.41, 5.74) is 5.88. The normalized spacial score (nSPS) is 17.5. The summed E-state index contributed by atoms with van der Waals surface area (Å²) in [4.78, 5) is 36.5. The molecule has 2 N–H and O–H groups in total. The Hall–Kier alpha value is -2.05. The van der Waals surface area contributed by atoms with Gasteiger partial charge in [0, 0.05) is 29.2 Å². The van der Waals surface area contributed by atoms with Crippen molar-refractivity contribution >= 4 is 47.1 Å². The summed E-state index contributed by atoms with van der Waals surface area (Å²) in [6.07, 6.45) is 4.03. The molecule has 0 saturated carbocycles. The van der Waals surface area contributed by atoms with E-state index in [2.05, 4.69) is 0 Å². The molecule has 1 heterocycles. The molecule has 0 bridgehead atoms. The van der Waals surface area contributed by atoms with Crippen LogP contribution in [0, 0.1) is 5.92 Å². The van der Waals surface area contributed by atoms with Crippen molar-refractivity contribution in [2.24, 2.45) is 11.7 Å².